The van der Waals surface area contributed by atoms with Gasteiger partial charge in [0.15, 0.2) is 11.6 Å². The maximum atomic E-state index is 13.5. The first-order chi connectivity index (χ1) is 13.8. The van der Waals surface area contributed by atoms with Gasteiger partial charge in [-0.3, -0.25) is 4.79 Å². The first kappa shape index (κ1) is 20.6. The summed E-state index contributed by atoms with van der Waals surface area (Å²) >= 11 is 0. The summed E-state index contributed by atoms with van der Waals surface area (Å²) in [6.07, 6.45) is 2.38. The van der Waals surface area contributed by atoms with Crippen LogP contribution in [0.2, 0.25) is 0 Å². The Morgan fingerprint density at radius 1 is 1.10 bits per heavy atom. The Kier molecular flexibility index (Phi) is 6.31. The second-order valence-corrected chi connectivity index (χ2v) is 6.53. The van der Waals surface area contributed by atoms with Gasteiger partial charge in [-0.25, -0.2) is 22.6 Å². The number of hydrazone groups is 1. The van der Waals surface area contributed by atoms with E-state index >= 15 is 0 Å². The standard InChI is InChI=1S/C21H18F4N2O2/c1-13(3-2-8-29-20-12-15(22)4-5-18(20)25)21(28)27-19(6-7-26-27)14-9-16(23)11-17(24)10-14/h4-5,7,9-12,19H,1-3,6,8H2. The lowest BCUT2D eigenvalue weighted by molar-refractivity contribution is -0.129. The van der Waals surface area contributed by atoms with Gasteiger partial charge in [-0.15, -0.1) is 0 Å². The van der Waals surface area contributed by atoms with E-state index in [2.05, 4.69) is 11.7 Å². The van der Waals surface area contributed by atoms with Gasteiger partial charge < -0.3 is 4.74 Å². The highest BCUT2D eigenvalue weighted by atomic mass is 19.1. The van der Waals surface area contributed by atoms with Crippen molar-refractivity contribution >= 4 is 12.1 Å². The average molecular weight is 406 g/mol. The lowest BCUT2D eigenvalue weighted by atomic mass is 10.0. The fourth-order valence-corrected chi connectivity index (χ4v) is 2.98. The van der Waals surface area contributed by atoms with E-state index < -0.39 is 35.2 Å². The zero-order chi connectivity index (χ0) is 21.0. The molecule has 0 aliphatic carbocycles. The van der Waals surface area contributed by atoms with Crippen molar-refractivity contribution in [3.8, 4) is 5.75 Å². The van der Waals surface area contributed by atoms with E-state index in [4.69, 9.17) is 4.74 Å². The largest absolute Gasteiger partial charge is 0.490 e. The third kappa shape index (κ3) is 5.01. The number of hydrogen-bond acceptors (Lipinski definition) is 3. The Morgan fingerprint density at radius 2 is 1.83 bits per heavy atom. The monoisotopic (exact) mass is 406 g/mol. The van der Waals surface area contributed by atoms with Crippen molar-refractivity contribution in [3.05, 3.63) is 77.4 Å². The van der Waals surface area contributed by atoms with Crippen LogP contribution in [0.15, 0.2) is 53.7 Å². The Morgan fingerprint density at radius 3 is 2.55 bits per heavy atom. The van der Waals surface area contributed by atoms with E-state index in [0.717, 1.165) is 41.4 Å². The second kappa shape index (κ2) is 8.89. The second-order valence-electron chi connectivity index (χ2n) is 6.53. The van der Waals surface area contributed by atoms with Crippen LogP contribution in [-0.4, -0.2) is 23.7 Å². The number of carbonyl (C=O) groups is 1. The molecule has 0 saturated carbocycles. The molecule has 2 aromatic rings. The minimum atomic E-state index is -0.736. The van der Waals surface area contributed by atoms with Crippen molar-refractivity contribution in [3.63, 3.8) is 0 Å². The summed E-state index contributed by atoms with van der Waals surface area (Å²) in [6.45, 7) is 3.79. The van der Waals surface area contributed by atoms with Gasteiger partial charge in [-0.1, -0.05) is 6.58 Å². The Bertz CT molecular complexity index is 941. The molecule has 0 radical (unpaired) electrons. The fourth-order valence-electron chi connectivity index (χ4n) is 2.98. The van der Waals surface area contributed by atoms with Crippen LogP contribution < -0.4 is 4.74 Å². The highest BCUT2D eigenvalue weighted by Crippen LogP contribution is 2.31. The van der Waals surface area contributed by atoms with Crippen molar-refractivity contribution in [1.82, 2.24) is 5.01 Å². The van der Waals surface area contributed by atoms with Gasteiger partial charge in [-0.05, 0) is 42.7 Å². The van der Waals surface area contributed by atoms with E-state index in [1.165, 1.54) is 6.21 Å². The number of hydrogen-bond donors (Lipinski definition) is 0. The number of ether oxygens (including phenoxy) is 1. The van der Waals surface area contributed by atoms with Gasteiger partial charge in [0.1, 0.15) is 17.5 Å². The summed E-state index contributed by atoms with van der Waals surface area (Å²) in [7, 11) is 0. The van der Waals surface area contributed by atoms with Crippen LogP contribution in [0.25, 0.3) is 0 Å². The molecular formula is C21H18F4N2O2. The summed E-state index contributed by atoms with van der Waals surface area (Å²) < 4.78 is 58.8. The van der Waals surface area contributed by atoms with Crippen LogP contribution in [0.3, 0.4) is 0 Å². The zero-order valence-corrected chi connectivity index (χ0v) is 15.4. The number of benzene rings is 2. The molecule has 29 heavy (non-hydrogen) atoms. The van der Waals surface area contributed by atoms with Gasteiger partial charge in [0.2, 0.25) is 0 Å². The maximum absolute atomic E-state index is 13.5. The maximum Gasteiger partial charge on any atom is 0.269 e. The number of nitrogens with zero attached hydrogens (tertiary/aromatic N) is 2. The van der Waals surface area contributed by atoms with Crippen molar-refractivity contribution < 1.29 is 27.1 Å². The molecule has 0 bridgehead atoms. The minimum Gasteiger partial charge on any atom is -0.490 e. The molecule has 0 fully saturated rings. The molecule has 0 N–H and O–H groups in total. The average Bonchev–Trinajstić information content (AvgIpc) is 3.16. The number of halogens is 4. The summed E-state index contributed by atoms with van der Waals surface area (Å²) in [6, 6.07) is 5.35. The normalized spacial score (nSPS) is 15.6. The number of rotatable bonds is 7. The third-order valence-electron chi connectivity index (χ3n) is 4.38. The first-order valence-electron chi connectivity index (χ1n) is 8.93. The van der Waals surface area contributed by atoms with Crippen LogP contribution in [0.1, 0.15) is 30.9 Å². The Hall–Kier alpha value is -3.16. The molecule has 2 aromatic carbocycles. The van der Waals surface area contributed by atoms with Crippen LogP contribution in [-0.2, 0) is 4.79 Å². The van der Waals surface area contributed by atoms with E-state index in [1.54, 1.807) is 0 Å². The summed E-state index contributed by atoms with van der Waals surface area (Å²) in [5.74, 6) is -3.46. The van der Waals surface area contributed by atoms with Crippen LogP contribution in [0.5, 0.6) is 5.75 Å². The Labute approximate surface area is 165 Å². The minimum absolute atomic E-state index is 0.0501. The molecule has 0 spiro atoms. The van der Waals surface area contributed by atoms with Gasteiger partial charge in [0.05, 0.1) is 12.6 Å². The molecule has 0 saturated heterocycles. The number of amides is 1. The zero-order valence-electron chi connectivity index (χ0n) is 15.4. The quantitative estimate of drug-likeness (QED) is 0.372. The van der Waals surface area contributed by atoms with Crippen molar-refractivity contribution in [1.29, 1.82) is 0 Å². The molecule has 1 aliphatic heterocycles. The lowest BCUT2D eigenvalue weighted by Gasteiger charge is -2.23. The first-order valence-corrected chi connectivity index (χ1v) is 8.93. The van der Waals surface area contributed by atoms with E-state index in [1.807, 2.05) is 0 Å². The highest BCUT2D eigenvalue weighted by Gasteiger charge is 2.30. The van der Waals surface area contributed by atoms with E-state index in [0.29, 0.717) is 18.4 Å². The predicted octanol–water partition coefficient (Wildman–Crippen LogP) is 4.92. The topological polar surface area (TPSA) is 41.9 Å². The smallest absolute Gasteiger partial charge is 0.269 e. The van der Waals surface area contributed by atoms with Crippen molar-refractivity contribution in [2.24, 2.45) is 5.10 Å². The molecule has 152 valence electrons. The van der Waals surface area contributed by atoms with Crippen LogP contribution in [0, 0.1) is 23.3 Å². The SMILES string of the molecule is C=C(CCCOc1cc(F)ccc1F)C(=O)N1N=CCC1c1cc(F)cc(F)c1. The molecule has 8 heteroatoms. The molecule has 1 aliphatic rings. The van der Waals surface area contributed by atoms with Gasteiger partial charge in [0.25, 0.3) is 5.91 Å². The lowest BCUT2D eigenvalue weighted by Crippen LogP contribution is -2.28. The fraction of sp³-hybridized carbons (Fsp3) is 0.238. The van der Waals surface area contributed by atoms with E-state index in [9.17, 15) is 22.4 Å². The van der Waals surface area contributed by atoms with Crippen molar-refractivity contribution in [2.45, 2.75) is 25.3 Å². The van der Waals surface area contributed by atoms with Crippen LogP contribution >= 0.6 is 0 Å². The molecule has 1 unspecified atom stereocenters. The third-order valence-corrected chi connectivity index (χ3v) is 4.38. The molecular weight excluding hydrogens is 388 g/mol. The molecule has 4 nitrogen and oxygen atoms in total. The molecule has 0 aromatic heterocycles. The van der Waals surface area contributed by atoms with E-state index in [-0.39, 0.29) is 24.4 Å². The van der Waals surface area contributed by atoms with Gasteiger partial charge >= 0.3 is 0 Å². The van der Waals surface area contributed by atoms with Gasteiger partial charge in [-0.2, -0.15) is 5.10 Å². The van der Waals surface area contributed by atoms with Crippen LogP contribution in [0.4, 0.5) is 17.6 Å². The van der Waals surface area contributed by atoms with Crippen molar-refractivity contribution in [2.75, 3.05) is 6.61 Å². The number of carbonyl (C=O) groups excluding carboxylic acids is 1. The summed E-state index contributed by atoms with van der Waals surface area (Å²) in [4.78, 5) is 12.6. The molecule has 1 heterocycles. The summed E-state index contributed by atoms with van der Waals surface area (Å²) in [5, 5.41) is 5.14. The molecule has 1 atom stereocenters. The molecule has 3 rings (SSSR count). The predicted molar refractivity (Wildman–Crippen MR) is 99.3 cm³/mol. The highest BCUT2D eigenvalue weighted by molar-refractivity contribution is 5.94. The Balaban J connectivity index is 1.55. The van der Waals surface area contributed by atoms with Gasteiger partial charge in [0, 0.05) is 30.3 Å². The molecule has 1 amide bonds. The summed E-state index contributed by atoms with van der Waals surface area (Å²) in [5.41, 5.74) is 0.514.